The van der Waals surface area contributed by atoms with Crippen molar-refractivity contribution >= 4 is 28.4 Å². The highest BCUT2D eigenvalue weighted by Gasteiger charge is 2.27. The highest BCUT2D eigenvalue weighted by atomic mass is 35.5. The summed E-state index contributed by atoms with van der Waals surface area (Å²) in [5, 5.41) is 4.37. The predicted octanol–water partition coefficient (Wildman–Crippen LogP) is 3.09. The number of amides is 1. The van der Waals surface area contributed by atoms with Crippen molar-refractivity contribution < 1.29 is 4.79 Å². The van der Waals surface area contributed by atoms with Crippen LogP contribution in [0.25, 0.3) is 10.9 Å². The van der Waals surface area contributed by atoms with Crippen molar-refractivity contribution in [1.82, 2.24) is 10.3 Å². The quantitative estimate of drug-likeness (QED) is 0.890. The average Bonchev–Trinajstić information content (AvgIpc) is 3.36. The molecule has 1 aromatic carbocycles. The SMILES string of the molecule is CC(CN)CNC(=O)c1cc(C2CC2)nc2ccc(Cl)cc12. The molecule has 3 N–H and O–H groups in total. The van der Waals surface area contributed by atoms with E-state index in [9.17, 15) is 4.79 Å². The van der Waals surface area contributed by atoms with Gasteiger partial charge in [-0.05, 0) is 49.6 Å². The molecule has 0 spiro atoms. The number of benzene rings is 1. The van der Waals surface area contributed by atoms with Gasteiger partial charge in [0.25, 0.3) is 5.91 Å². The number of carbonyl (C=O) groups excluding carboxylic acids is 1. The summed E-state index contributed by atoms with van der Waals surface area (Å²) in [6, 6.07) is 7.41. The van der Waals surface area contributed by atoms with Crippen LogP contribution in [-0.2, 0) is 0 Å². The summed E-state index contributed by atoms with van der Waals surface area (Å²) in [5.74, 6) is 0.662. The van der Waals surface area contributed by atoms with Crippen molar-refractivity contribution in [3.05, 3.63) is 40.5 Å². The fourth-order valence-electron chi connectivity index (χ4n) is 2.44. The number of nitrogens with one attached hydrogen (secondary N) is 1. The molecule has 1 aromatic heterocycles. The fourth-order valence-corrected chi connectivity index (χ4v) is 2.61. The first kappa shape index (κ1) is 15.3. The highest BCUT2D eigenvalue weighted by molar-refractivity contribution is 6.31. The zero-order valence-corrected chi connectivity index (χ0v) is 13.4. The second-order valence-electron chi connectivity index (χ2n) is 6.08. The maximum atomic E-state index is 12.6. The first-order valence-corrected chi connectivity index (χ1v) is 8.04. The highest BCUT2D eigenvalue weighted by Crippen LogP contribution is 2.40. The van der Waals surface area contributed by atoms with Crippen molar-refractivity contribution in [3.8, 4) is 0 Å². The third-order valence-electron chi connectivity index (χ3n) is 4.04. The Labute approximate surface area is 135 Å². The van der Waals surface area contributed by atoms with Gasteiger partial charge in [0.1, 0.15) is 0 Å². The molecule has 1 amide bonds. The van der Waals surface area contributed by atoms with Crippen molar-refractivity contribution in [3.63, 3.8) is 0 Å². The molecule has 1 aliphatic rings. The van der Waals surface area contributed by atoms with E-state index in [0.29, 0.717) is 29.6 Å². The van der Waals surface area contributed by atoms with Crippen molar-refractivity contribution in [2.24, 2.45) is 11.7 Å². The molecular formula is C17H20ClN3O. The van der Waals surface area contributed by atoms with Crippen molar-refractivity contribution in [2.75, 3.05) is 13.1 Å². The van der Waals surface area contributed by atoms with Gasteiger partial charge < -0.3 is 11.1 Å². The summed E-state index contributed by atoms with van der Waals surface area (Å²) in [6.07, 6.45) is 2.30. The predicted molar refractivity (Wildman–Crippen MR) is 89.3 cm³/mol. The third kappa shape index (κ3) is 3.23. The van der Waals surface area contributed by atoms with Gasteiger partial charge in [0, 0.05) is 28.6 Å². The van der Waals surface area contributed by atoms with E-state index in [4.69, 9.17) is 17.3 Å². The van der Waals surface area contributed by atoms with Crippen LogP contribution in [0.4, 0.5) is 0 Å². The van der Waals surface area contributed by atoms with E-state index >= 15 is 0 Å². The smallest absolute Gasteiger partial charge is 0.252 e. The summed E-state index contributed by atoms with van der Waals surface area (Å²) < 4.78 is 0. The number of nitrogens with zero attached hydrogens (tertiary/aromatic N) is 1. The van der Waals surface area contributed by atoms with Crippen LogP contribution in [0.3, 0.4) is 0 Å². The minimum Gasteiger partial charge on any atom is -0.352 e. The van der Waals surface area contributed by atoms with Gasteiger partial charge in [-0.2, -0.15) is 0 Å². The first-order valence-electron chi connectivity index (χ1n) is 7.67. The Morgan fingerprint density at radius 2 is 2.23 bits per heavy atom. The standard InChI is InChI=1S/C17H20ClN3O/c1-10(8-19)9-20-17(22)14-7-16(11-2-3-11)21-15-5-4-12(18)6-13(14)15/h4-7,10-11H,2-3,8-9,19H2,1H3,(H,20,22). The minimum atomic E-state index is -0.0862. The lowest BCUT2D eigenvalue weighted by atomic mass is 10.0. The monoisotopic (exact) mass is 317 g/mol. The van der Waals surface area contributed by atoms with Crippen LogP contribution in [0.1, 0.15) is 41.7 Å². The Morgan fingerprint density at radius 1 is 1.45 bits per heavy atom. The van der Waals surface area contributed by atoms with Crippen LogP contribution >= 0.6 is 11.6 Å². The lowest BCUT2D eigenvalue weighted by molar-refractivity contribution is 0.0950. The van der Waals surface area contributed by atoms with E-state index in [-0.39, 0.29) is 11.8 Å². The first-order chi connectivity index (χ1) is 10.6. The van der Waals surface area contributed by atoms with Crippen LogP contribution in [0.2, 0.25) is 5.02 Å². The van der Waals surface area contributed by atoms with Gasteiger partial charge in [0.05, 0.1) is 11.1 Å². The van der Waals surface area contributed by atoms with E-state index < -0.39 is 0 Å². The van der Waals surface area contributed by atoms with Crippen molar-refractivity contribution in [1.29, 1.82) is 0 Å². The lowest BCUT2D eigenvalue weighted by Crippen LogP contribution is -2.31. The molecule has 0 bridgehead atoms. The zero-order valence-electron chi connectivity index (χ0n) is 12.6. The molecule has 22 heavy (non-hydrogen) atoms. The zero-order chi connectivity index (χ0) is 15.7. The third-order valence-corrected chi connectivity index (χ3v) is 4.28. The number of hydrogen-bond acceptors (Lipinski definition) is 3. The van der Waals surface area contributed by atoms with Gasteiger partial charge in [-0.15, -0.1) is 0 Å². The number of fused-ring (bicyclic) bond motifs is 1. The van der Waals surface area contributed by atoms with E-state index in [1.165, 1.54) is 0 Å². The van der Waals surface area contributed by atoms with Gasteiger partial charge in [-0.1, -0.05) is 18.5 Å². The molecule has 5 heteroatoms. The van der Waals surface area contributed by atoms with Gasteiger partial charge in [-0.3, -0.25) is 9.78 Å². The minimum absolute atomic E-state index is 0.0862. The fraction of sp³-hybridized carbons (Fsp3) is 0.412. The molecular weight excluding hydrogens is 298 g/mol. The number of hydrogen-bond donors (Lipinski definition) is 2. The number of halogens is 1. The molecule has 116 valence electrons. The molecule has 3 rings (SSSR count). The summed E-state index contributed by atoms with van der Waals surface area (Å²) in [7, 11) is 0. The van der Waals surface area contributed by atoms with Crippen LogP contribution in [0.5, 0.6) is 0 Å². The molecule has 0 radical (unpaired) electrons. The summed E-state index contributed by atoms with van der Waals surface area (Å²) in [5.41, 5.74) is 8.08. The normalized spacial score (nSPS) is 15.8. The Balaban J connectivity index is 1.98. The summed E-state index contributed by atoms with van der Waals surface area (Å²) in [6.45, 7) is 3.13. The van der Waals surface area contributed by atoms with Gasteiger partial charge in [0.2, 0.25) is 0 Å². The Morgan fingerprint density at radius 3 is 2.91 bits per heavy atom. The Bertz CT molecular complexity index is 712. The van der Waals surface area contributed by atoms with Crippen molar-refractivity contribution in [2.45, 2.75) is 25.7 Å². The number of pyridine rings is 1. The Kier molecular flexibility index (Phi) is 4.32. The van der Waals surface area contributed by atoms with E-state index in [0.717, 1.165) is 29.4 Å². The maximum absolute atomic E-state index is 12.6. The largest absolute Gasteiger partial charge is 0.352 e. The van der Waals surface area contributed by atoms with Gasteiger partial charge in [-0.25, -0.2) is 0 Å². The summed E-state index contributed by atoms with van der Waals surface area (Å²) in [4.78, 5) is 17.2. The van der Waals surface area contributed by atoms with Crippen LogP contribution in [0.15, 0.2) is 24.3 Å². The molecule has 0 saturated heterocycles. The van der Waals surface area contributed by atoms with Crippen LogP contribution in [-0.4, -0.2) is 24.0 Å². The summed E-state index contributed by atoms with van der Waals surface area (Å²) >= 11 is 6.08. The van der Waals surface area contributed by atoms with Crippen LogP contribution < -0.4 is 11.1 Å². The number of carbonyl (C=O) groups is 1. The van der Waals surface area contributed by atoms with E-state index in [1.807, 2.05) is 31.2 Å². The lowest BCUT2D eigenvalue weighted by Gasteiger charge is -2.13. The second kappa shape index (κ2) is 6.23. The molecule has 1 saturated carbocycles. The molecule has 1 heterocycles. The van der Waals surface area contributed by atoms with Gasteiger partial charge >= 0.3 is 0 Å². The van der Waals surface area contributed by atoms with Gasteiger partial charge in [0.15, 0.2) is 0 Å². The molecule has 1 fully saturated rings. The topological polar surface area (TPSA) is 68.0 Å². The van der Waals surface area contributed by atoms with Crippen LogP contribution in [0, 0.1) is 5.92 Å². The number of nitrogens with two attached hydrogens (primary N) is 1. The number of aromatic nitrogens is 1. The molecule has 1 unspecified atom stereocenters. The average molecular weight is 318 g/mol. The molecule has 1 aliphatic carbocycles. The Hall–Kier alpha value is -1.65. The molecule has 2 aromatic rings. The van der Waals surface area contributed by atoms with E-state index in [1.54, 1.807) is 0 Å². The maximum Gasteiger partial charge on any atom is 0.252 e. The molecule has 4 nitrogen and oxygen atoms in total. The molecule has 1 atom stereocenters. The van der Waals surface area contributed by atoms with E-state index in [2.05, 4.69) is 10.3 Å². The second-order valence-corrected chi connectivity index (χ2v) is 6.52. The number of rotatable bonds is 5. The molecule has 0 aliphatic heterocycles.